The number of carbonyl (C=O) groups excluding carboxylic acids is 1. The maximum Gasteiger partial charge on any atom is 0.270 e. The van der Waals surface area contributed by atoms with E-state index in [2.05, 4.69) is 20.6 Å². The first-order valence-electron chi connectivity index (χ1n) is 7.86. The zero-order chi connectivity index (χ0) is 15.3. The molecule has 1 aromatic heterocycles. The number of aromatic nitrogens is 2. The number of hydrogen-bond donors (Lipinski definition) is 2. The van der Waals surface area contributed by atoms with Gasteiger partial charge in [0, 0.05) is 17.8 Å². The maximum atomic E-state index is 12.1. The number of nitrogens with one attached hydrogen (secondary N) is 2. The lowest BCUT2D eigenvalue weighted by Gasteiger charge is -2.20. The molecular formula is C16H26N4O. The Hall–Kier alpha value is -1.65. The molecule has 2 rings (SSSR count). The van der Waals surface area contributed by atoms with Crippen LogP contribution in [0.1, 0.15) is 69.8 Å². The second-order valence-corrected chi connectivity index (χ2v) is 6.80. The molecule has 116 valence electrons. The zero-order valence-corrected chi connectivity index (χ0v) is 13.3. The van der Waals surface area contributed by atoms with Gasteiger partial charge in [-0.25, -0.2) is 9.97 Å². The minimum absolute atomic E-state index is 0.159. The first-order valence-corrected chi connectivity index (χ1v) is 7.86. The Balaban J connectivity index is 2.01. The Labute approximate surface area is 127 Å². The van der Waals surface area contributed by atoms with E-state index in [0.29, 0.717) is 17.7 Å². The molecule has 1 fully saturated rings. The molecule has 5 heteroatoms. The topological polar surface area (TPSA) is 66.9 Å². The van der Waals surface area contributed by atoms with E-state index in [-0.39, 0.29) is 11.4 Å². The van der Waals surface area contributed by atoms with Gasteiger partial charge in [-0.2, -0.15) is 0 Å². The van der Waals surface area contributed by atoms with E-state index in [9.17, 15) is 4.79 Å². The Morgan fingerprint density at radius 3 is 2.48 bits per heavy atom. The van der Waals surface area contributed by atoms with Crippen molar-refractivity contribution in [3.8, 4) is 0 Å². The van der Waals surface area contributed by atoms with Gasteiger partial charge < -0.3 is 10.6 Å². The molecule has 0 aromatic carbocycles. The van der Waals surface area contributed by atoms with Crippen LogP contribution in [0.15, 0.2) is 12.3 Å². The second-order valence-electron chi connectivity index (χ2n) is 6.80. The number of carbonyl (C=O) groups is 1. The van der Waals surface area contributed by atoms with E-state index in [0.717, 1.165) is 12.8 Å². The van der Waals surface area contributed by atoms with E-state index >= 15 is 0 Å². The summed E-state index contributed by atoms with van der Waals surface area (Å²) < 4.78 is 0. The van der Waals surface area contributed by atoms with Crippen LogP contribution >= 0.6 is 0 Å². The number of amides is 1. The van der Waals surface area contributed by atoms with Crippen molar-refractivity contribution >= 4 is 11.9 Å². The molecule has 1 aliphatic carbocycles. The van der Waals surface area contributed by atoms with Gasteiger partial charge in [-0.3, -0.25) is 4.79 Å². The molecule has 0 saturated heterocycles. The van der Waals surface area contributed by atoms with Gasteiger partial charge in [-0.15, -0.1) is 0 Å². The predicted molar refractivity (Wildman–Crippen MR) is 84.4 cm³/mol. The minimum Gasteiger partial charge on any atom is -0.351 e. The average Bonchev–Trinajstić information content (AvgIpc) is 2.66. The third kappa shape index (κ3) is 5.33. The first kappa shape index (κ1) is 15.7. The largest absolute Gasteiger partial charge is 0.351 e. The van der Waals surface area contributed by atoms with Crippen molar-refractivity contribution in [3.63, 3.8) is 0 Å². The van der Waals surface area contributed by atoms with Gasteiger partial charge >= 0.3 is 0 Å². The van der Waals surface area contributed by atoms with Crippen LogP contribution in [-0.2, 0) is 0 Å². The summed E-state index contributed by atoms with van der Waals surface area (Å²) in [6.07, 6.45) is 9.08. The first-order chi connectivity index (χ1) is 9.94. The number of rotatable bonds is 3. The number of nitrogens with zero attached hydrogens (tertiary/aromatic N) is 2. The van der Waals surface area contributed by atoms with Crippen molar-refractivity contribution in [1.82, 2.24) is 15.3 Å². The fraction of sp³-hybridized carbons (Fsp3) is 0.688. The molecule has 5 nitrogen and oxygen atoms in total. The van der Waals surface area contributed by atoms with Crippen molar-refractivity contribution in [2.75, 3.05) is 5.32 Å². The molecule has 0 aliphatic heterocycles. The summed E-state index contributed by atoms with van der Waals surface area (Å²) in [5, 5.41) is 6.30. The van der Waals surface area contributed by atoms with Crippen LogP contribution in [0.3, 0.4) is 0 Å². The quantitative estimate of drug-likeness (QED) is 0.839. The molecule has 1 amide bonds. The van der Waals surface area contributed by atoms with Crippen LogP contribution in [0.4, 0.5) is 5.95 Å². The highest BCUT2D eigenvalue weighted by atomic mass is 16.2. The fourth-order valence-electron chi connectivity index (χ4n) is 2.57. The van der Waals surface area contributed by atoms with Gasteiger partial charge in [-0.05, 0) is 39.7 Å². The predicted octanol–water partition coefficient (Wildman–Crippen LogP) is 3.14. The van der Waals surface area contributed by atoms with E-state index in [1.807, 2.05) is 20.8 Å². The summed E-state index contributed by atoms with van der Waals surface area (Å²) in [7, 11) is 0. The highest BCUT2D eigenvalue weighted by Gasteiger charge is 2.18. The van der Waals surface area contributed by atoms with Gasteiger partial charge in [0.2, 0.25) is 5.95 Å². The van der Waals surface area contributed by atoms with Gasteiger partial charge in [0.25, 0.3) is 5.91 Å². The van der Waals surface area contributed by atoms with Crippen LogP contribution in [-0.4, -0.2) is 27.5 Å². The van der Waals surface area contributed by atoms with Gasteiger partial charge in [0.05, 0.1) is 0 Å². The third-order valence-electron chi connectivity index (χ3n) is 3.57. The Morgan fingerprint density at radius 2 is 1.86 bits per heavy atom. The molecule has 1 saturated carbocycles. The molecule has 1 aromatic rings. The molecule has 0 unspecified atom stereocenters. The normalized spacial score (nSPS) is 17.1. The lowest BCUT2D eigenvalue weighted by Crippen LogP contribution is -2.41. The van der Waals surface area contributed by atoms with Crippen molar-refractivity contribution in [1.29, 1.82) is 0 Å². The summed E-state index contributed by atoms with van der Waals surface area (Å²) in [5.41, 5.74) is 0.146. The van der Waals surface area contributed by atoms with Crippen molar-refractivity contribution in [2.24, 2.45) is 0 Å². The molecule has 1 aliphatic rings. The van der Waals surface area contributed by atoms with Gasteiger partial charge in [-0.1, -0.05) is 25.7 Å². The Bertz CT molecular complexity index is 473. The van der Waals surface area contributed by atoms with Crippen molar-refractivity contribution in [3.05, 3.63) is 18.0 Å². The second kappa shape index (κ2) is 6.87. The molecule has 2 N–H and O–H groups in total. The third-order valence-corrected chi connectivity index (χ3v) is 3.57. The molecule has 0 bridgehead atoms. The molecule has 0 radical (unpaired) electrons. The average molecular weight is 290 g/mol. The highest BCUT2D eigenvalue weighted by molar-refractivity contribution is 5.92. The van der Waals surface area contributed by atoms with E-state index in [4.69, 9.17) is 0 Å². The lowest BCUT2D eigenvalue weighted by atomic mass is 10.1. The van der Waals surface area contributed by atoms with E-state index in [1.165, 1.54) is 25.7 Å². The summed E-state index contributed by atoms with van der Waals surface area (Å²) >= 11 is 0. The van der Waals surface area contributed by atoms with Crippen LogP contribution < -0.4 is 10.6 Å². The summed E-state index contributed by atoms with van der Waals surface area (Å²) in [6, 6.07) is 2.08. The van der Waals surface area contributed by atoms with Gasteiger partial charge in [0.1, 0.15) is 5.69 Å². The molecular weight excluding hydrogens is 264 g/mol. The van der Waals surface area contributed by atoms with Gasteiger partial charge in [0.15, 0.2) is 0 Å². The fourth-order valence-corrected chi connectivity index (χ4v) is 2.57. The Kier molecular flexibility index (Phi) is 5.15. The van der Waals surface area contributed by atoms with E-state index in [1.54, 1.807) is 12.3 Å². The standard InChI is InChI=1S/C16H26N4O/c1-16(2,3)20-14(21)13-10-11-17-15(19-13)18-12-8-6-4-5-7-9-12/h10-12H,4-9H2,1-3H3,(H,20,21)(H,17,18,19). The van der Waals surface area contributed by atoms with Crippen molar-refractivity contribution < 1.29 is 4.79 Å². The monoisotopic (exact) mass is 290 g/mol. The number of hydrogen-bond acceptors (Lipinski definition) is 4. The van der Waals surface area contributed by atoms with Crippen LogP contribution in [0, 0.1) is 0 Å². The highest BCUT2D eigenvalue weighted by Crippen LogP contribution is 2.19. The SMILES string of the molecule is CC(C)(C)NC(=O)c1ccnc(NC2CCCCCC2)n1. The molecule has 0 spiro atoms. The summed E-state index contributed by atoms with van der Waals surface area (Å²) in [5.74, 6) is 0.400. The van der Waals surface area contributed by atoms with Crippen LogP contribution in [0.25, 0.3) is 0 Å². The minimum atomic E-state index is -0.267. The Morgan fingerprint density at radius 1 is 1.19 bits per heavy atom. The van der Waals surface area contributed by atoms with Crippen LogP contribution in [0.2, 0.25) is 0 Å². The zero-order valence-electron chi connectivity index (χ0n) is 13.3. The molecule has 0 atom stereocenters. The summed E-state index contributed by atoms with van der Waals surface area (Å²) in [6.45, 7) is 5.87. The maximum absolute atomic E-state index is 12.1. The van der Waals surface area contributed by atoms with Crippen LogP contribution in [0.5, 0.6) is 0 Å². The summed E-state index contributed by atoms with van der Waals surface area (Å²) in [4.78, 5) is 20.7. The smallest absolute Gasteiger partial charge is 0.270 e. The molecule has 21 heavy (non-hydrogen) atoms. The molecule has 1 heterocycles. The lowest BCUT2D eigenvalue weighted by molar-refractivity contribution is 0.0914. The number of anilines is 1. The van der Waals surface area contributed by atoms with E-state index < -0.39 is 0 Å². The van der Waals surface area contributed by atoms with Crippen molar-refractivity contribution in [2.45, 2.75) is 70.9 Å².